The van der Waals surface area contributed by atoms with Gasteiger partial charge in [-0.2, -0.15) is 0 Å². The van der Waals surface area contributed by atoms with Gasteiger partial charge >= 0.3 is 0 Å². The second-order valence-electron chi connectivity index (χ2n) is 4.80. The summed E-state index contributed by atoms with van der Waals surface area (Å²) in [6, 6.07) is 5.02. The maximum absolute atomic E-state index is 12.0. The summed E-state index contributed by atoms with van der Waals surface area (Å²) in [7, 11) is -3.70. The van der Waals surface area contributed by atoms with E-state index in [0.29, 0.717) is 6.54 Å². The number of hydrogen-bond donors (Lipinski definition) is 2. The lowest BCUT2D eigenvalue weighted by atomic mass is 10.3. The fourth-order valence-electron chi connectivity index (χ4n) is 1.75. The zero-order valence-corrected chi connectivity index (χ0v) is 11.7. The third-order valence-corrected chi connectivity index (χ3v) is 4.52. The molecule has 0 aromatic heterocycles. The average molecular weight is 299 g/mol. The highest BCUT2D eigenvalue weighted by atomic mass is 32.2. The van der Waals surface area contributed by atoms with Crippen molar-refractivity contribution in [1.82, 2.24) is 10.0 Å². The first kappa shape index (κ1) is 14.9. The molecule has 110 valence electrons. The van der Waals surface area contributed by atoms with Gasteiger partial charge in [-0.1, -0.05) is 6.07 Å². The Labute approximate surface area is 117 Å². The highest BCUT2D eigenvalue weighted by molar-refractivity contribution is 7.89. The van der Waals surface area contributed by atoms with Gasteiger partial charge in [0.2, 0.25) is 10.0 Å². The van der Waals surface area contributed by atoms with Gasteiger partial charge in [-0.15, -0.1) is 0 Å². The molecule has 1 fully saturated rings. The van der Waals surface area contributed by atoms with Crippen molar-refractivity contribution in [2.75, 3.05) is 19.6 Å². The molecule has 0 atom stereocenters. The summed E-state index contributed by atoms with van der Waals surface area (Å²) in [5.74, 6) is 0.739. The predicted molar refractivity (Wildman–Crippen MR) is 73.9 cm³/mol. The fraction of sp³-hybridized carbons (Fsp3) is 0.500. The number of rotatable bonds is 8. The second kappa shape index (κ2) is 6.29. The Morgan fingerprint density at radius 3 is 2.70 bits per heavy atom. The fourth-order valence-corrected chi connectivity index (χ4v) is 2.82. The molecule has 2 N–H and O–H groups in total. The van der Waals surface area contributed by atoms with Crippen molar-refractivity contribution in [3.63, 3.8) is 0 Å². The zero-order valence-electron chi connectivity index (χ0n) is 10.9. The molecule has 1 aliphatic rings. The van der Waals surface area contributed by atoms with Gasteiger partial charge in [-0.3, -0.25) is 10.1 Å². The second-order valence-corrected chi connectivity index (χ2v) is 6.57. The quantitative estimate of drug-likeness (QED) is 0.421. The van der Waals surface area contributed by atoms with E-state index in [9.17, 15) is 18.5 Å². The largest absolute Gasteiger partial charge is 0.315 e. The first-order valence-electron chi connectivity index (χ1n) is 6.44. The maximum Gasteiger partial charge on any atom is 0.270 e. The molecule has 1 aromatic carbocycles. The van der Waals surface area contributed by atoms with E-state index in [-0.39, 0.29) is 17.1 Å². The monoisotopic (exact) mass is 299 g/mol. The molecule has 20 heavy (non-hydrogen) atoms. The molecule has 7 nitrogen and oxygen atoms in total. The third kappa shape index (κ3) is 4.26. The van der Waals surface area contributed by atoms with E-state index in [0.717, 1.165) is 18.5 Å². The summed E-state index contributed by atoms with van der Waals surface area (Å²) in [5, 5.41) is 13.8. The first-order chi connectivity index (χ1) is 9.49. The van der Waals surface area contributed by atoms with Crippen molar-refractivity contribution in [3.05, 3.63) is 34.4 Å². The summed E-state index contributed by atoms with van der Waals surface area (Å²) >= 11 is 0. The van der Waals surface area contributed by atoms with Crippen molar-refractivity contribution in [1.29, 1.82) is 0 Å². The van der Waals surface area contributed by atoms with E-state index in [2.05, 4.69) is 10.0 Å². The molecule has 0 heterocycles. The van der Waals surface area contributed by atoms with Crippen LogP contribution in [-0.2, 0) is 10.0 Å². The molecule has 0 amide bonds. The van der Waals surface area contributed by atoms with Crippen molar-refractivity contribution in [2.45, 2.75) is 17.7 Å². The topological polar surface area (TPSA) is 101 Å². The summed E-state index contributed by atoms with van der Waals surface area (Å²) in [6.45, 7) is 1.72. The van der Waals surface area contributed by atoms with E-state index >= 15 is 0 Å². The SMILES string of the molecule is O=[N+]([O-])c1cccc(S(=O)(=O)NCCNCC2CC2)c1. The Morgan fingerprint density at radius 1 is 1.30 bits per heavy atom. The number of nitro groups is 1. The number of hydrogen-bond acceptors (Lipinski definition) is 5. The molecule has 0 aliphatic heterocycles. The maximum atomic E-state index is 12.0. The average Bonchev–Trinajstić information content (AvgIpc) is 3.22. The van der Waals surface area contributed by atoms with E-state index in [1.54, 1.807) is 0 Å². The van der Waals surface area contributed by atoms with Crippen LogP contribution < -0.4 is 10.0 Å². The lowest BCUT2D eigenvalue weighted by Crippen LogP contribution is -2.32. The van der Waals surface area contributed by atoms with E-state index < -0.39 is 14.9 Å². The Hall–Kier alpha value is -1.51. The van der Waals surface area contributed by atoms with Crippen molar-refractivity contribution >= 4 is 15.7 Å². The molecular formula is C12H17N3O4S. The van der Waals surface area contributed by atoms with Gasteiger partial charge in [0.1, 0.15) is 0 Å². The van der Waals surface area contributed by atoms with E-state index in [4.69, 9.17) is 0 Å². The van der Waals surface area contributed by atoms with Crippen LogP contribution in [-0.4, -0.2) is 33.0 Å². The molecule has 1 saturated carbocycles. The molecule has 0 unspecified atom stereocenters. The standard InChI is InChI=1S/C12H17N3O4S/c16-15(17)11-2-1-3-12(8-11)20(18,19)14-7-6-13-9-10-4-5-10/h1-3,8,10,13-14H,4-7,9H2. The van der Waals surface area contributed by atoms with Crippen LogP contribution in [0.3, 0.4) is 0 Å². The first-order valence-corrected chi connectivity index (χ1v) is 7.92. The predicted octanol–water partition coefficient (Wildman–Crippen LogP) is 0.873. The Bertz CT molecular complexity index is 584. The van der Waals surface area contributed by atoms with Gasteiger partial charge in [0.05, 0.1) is 9.82 Å². The van der Waals surface area contributed by atoms with Gasteiger partial charge in [0, 0.05) is 25.2 Å². The van der Waals surface area contributed by atoms with Gasteiger partial charge in [-0.25, -0.2) is 13.1 Å². The molecule has 0 spiro atoms. The molecule has 0 bridgehead atoms. The van der Waals surface area contributed by atoms with Gasteiger partial charge in [-0.05, 0) is 31.4 Å². The number of nitrogens with one attached hydrogen (secondary N) is 2. The Balaban J connectivity index is 1.88. The smallest absolute Gasteiger partial charge is 0.270 e. The lowest BCUT2D eigenvalue weighted by Gasteiger charge is -2.07. The highest BCUT2D eigenvalue weighted by Crippen LogP contribution is 2.27. The number of non-ortho nitro benzene ring substituents is 1. The van der Waals surface area contributed by atoms with Gasteiger partial charge in [0.15, 0.2) is 0 Å². The normalized spacial score (nSPS) is 15.2. The van der Waals surface area contributed by atoms with Crippen molar-refractivity contribution in [3.8, 4) is 0 Å². The van der Waals surface area contributed by atoms with Crippen LogP contribution in [0, 0.1) is 16.0 Å². The summed E-state index contributed by atoms with van der Waals surface area (Å²) in [5.41, 5.74) is -0.236. The Morgan fingerprint density at radius 2 is 2.05 bits per heavy atom. The molecule has 1 aliphatic carbocycles. The van der Waals surface area contributed by atoms with E-state index in [1.807, 2.05) is 0 Å². The van der Waals surface area contributed by atoms with Crippen LogP contribution in [0.25, 0.3) is 0 Å². The van der Waals surface area contributed by atoms with Gasteiger partial charge in [0.25, 0.3) is 5.69 Å². The minimum absolute atomic E-state index is 0.0890. The summed E-state index contributed by atoms with van der Waals surface area (Å²) < 4.78 is 26.3. The molecule has 1 aromatic rings. The summed E-state index contributed by atoms with van der Waals surface area (Å²) in [4.78, 5) is 9.93. The number of nitrogens with zero attached hydrogens (tertiary/aromatic N) is 1. The summed E-state index contributed by atoms with van der Waals surface area (Å²) in [6.07, 6.45) is 2.48. The minimum Gasteiger partial charge on any atom is -0.315 e. The van der Waals surface area contributed by atoms with Crippen LogP contribution >= 0.6 is 0 Å². The number of benzene rings is 1. The van der Waals surface area contributed by atoms with Crippen LogP contribution in [0.5, 0.6) is 0 Å². The van der Waals surface area contributed by atoms with Crippen LogP contribution in [0.15, 0.2) is 29.2 Å². The van der Waals surface area contributed by atoms with Crippen molar-refractivity contribution in [2.24, 2.45) is 5.92 Å². The Kier molecular flexibility index (Phi) is 4.69. The van der Waals surface area contributed by atoms with Crippen LogP contribution in [0.2, 0.25) is 0 Å². The van der Waals surface area contributed by atoms with Gasteiger partial charge < -0.3 is 5.32 Å². The molecule has 0 radical (unpaired) electrons. The lowest BCUT2D eigenvalue weighted by molar-refractivity contribution is -0.385. The number of sulfonamides is 1. The van der Waals surface area contributed by atoms with Crippen LogP contribution in [0.1, 0.15) is 12.8 Å². The number of nitro benzene ring substituents is 1. The van der Waals surface area contributed by atoms with Crippen LogP contribution in [0.4, 0.5) is 5.69 Å². The molecular weight excluding hydrogens is 282 g/mol. The van der Waals surface area contributed by atoms with Crippen molar-refractivity contribution < 1.29 is 13.3 Å². The molecule has 2 rings (SSSR count). The van der Waals surface area contributed by atoms with E-state index in [1.165, 1.54) is 31.0 Å². The third-order valence-electron chi connectivity index (χ3n) is 3.06. The minimum atomic E-state index is -3.70. The highest BCUT2D eigenvalue weighted by Gasteiger charge is 2.20. The molecule has 8 heteroatoms. The molecule has 0 saturated heterocycles. The zero-order chi connectivity index (χ0) is 14.6.